The lowest BCUT2D eigenvalue weighted by atomic mass is 9.63. The highest BCUT2D eigenvalue weighted by Gasteiger charge is 2.46. The first kappa shape index (κ1) is 17.8. The van der Waals surface area contributed by atoms with Gasteiger partial charge in [-0.1, -0.05) is 40.9 Å². The van der Waals surface area contributed by atoms with Crippen molar-refractivity contribution in [2.24, 2.45) is 11.7 Å². The molecule has 1 aromatic carbocycles. The Kier molecular flexibility index (Phi) is 5.92. The highest BCUT2D eigenvalue weighted by Crippen LogP contribution is 2.44. The Balaban J connectivity index is 0.00000176. The van der Waals surface area contributed by atoms with Gasteiger partial charge in [0, 0.05) is 10.5 Å². The molecule has 2 saturated carbocycles. The lowest BCUT2D eigenvalue weighted by Crippen LogP contribution is -2.53. The third kappa shape index (κ3) is 3.19. The molecule has 5 heteroatoms. The van der Waals surface area contributed by atoms with E-state index in [1.54, 1.807) is 0 Å². The van der Waals surface area contributed by atoms with E-state index in [0.717, 1.165) is 42.1 Å². The molecule has 1 amide bonds. The summed E-state index contributed by atoms with van der Waals surface area (Å²) in [6, 6.07) is 8.49. The minimum Gasteiger partial charge on any atom is -0.352 e. The van der Waals surface area contributed by atoms with E-state index in [-0.39, 0.29) is 29.8 Å². The van der Waals surface area contributed by atoms with Gasteiger partial charge in [-0.15, -0.1) is 12.4 Å². The van der Waals surface area contributed by atoms with Gasteiger partial charge < -0.3 is 11.1 Å². The maximum Gasteiger partial charge on any atom is 0.230 e. The fraction of sp³-hybridized carbons (Fsp3) is 0.588. The molecular weight excluding hydrogens is 364 g/mol. The van der Waals surface area contributed by atoms with E-state index in [2.05, 4.69) is 33.4 Å². The van der Waals surface area contributed by atoms with Crippen molar-refractivity contribution in [3.05, 3.63) is 34.3 Å². The van der Waals surface area contributed by atoms with Gasteiger partial charge in [0.15, 0.2) is 0 Å². The van der Waals surface area contributed by atoms with Crippen LogP contribution in [0.3, 0.4) is 0 Å². The van der Waals surface area contributed by atoms with Crippen LogP contribution >= 0.6 is 28.3 Å². The van der Waals surface area contributed by atoms with Gasteiger partial charge in [0.05, 0.1) is 5.41 Å². The first-order valence-corrected chi connectivity index (χ1v) is 8.72. The van der Waals surface area contributed by atoms with Crippen molar-refractivity contribution in [1.82, 2.24) is 5.32 Å². The van der Waals surface area contributed by atoms with Gasteiger partial charge in [-0.05, 0) is 55.8 Å². The van der Waals surface area contributed by atoms with Gasteiger partial charge in [-0.2, -0.15) is 0 Å². The molecule has 2 unspecified atom stereocenters. The maximum absolute atomic E-state index is 12.9. The fourth-order valence-corrected chi connectivity index (χ4v) is 4.03. The van der Waals surface area contributed by atoms with Crippen molar-refractivity contribution in [3.8, 4) is 0 Å². The van der Waals surface area contributed by atoms with E-state index < -0.39 is 0 Å². The Morgan fingerprint density at radius 1 is 1.23 bits per heavy atom. The monoisotopic (exact) mass is 386 g/mol. The highest BCUT2D eigenvalue weighted by molar-refractivity contribution is 9.10. The van der Waals surface area contributed by atoms with Crippen LogP contribution in [0.15, 0.2) is 28.7 Å². The zero-order valence-electron chi connectivity index (χ0n) is 12.7. The van der Waals surface area contributed by atoms with Crippen molar-refractivity contribution in [1.29, 1.82) is 0 Å². The zero-order valence-corrected chi connectivity index (χ0v) is 15.1. The van der Waals surface area contributed by atoms with Gasteiger partial charge in [0.2, 0.25) is 5.91 Å². The number of carbonyl (C=O) groups is 1. The van der Waals surface area contributed by atoms with Gasteiger partial charge in [-0.25, -0.2) is 0 Å². The molecule has 0 aliphatic heterocycles. The number of nitrogens with one attached hydrogen (secondary N) is 1. The van der Waals surface area contributed by atoms with E-state index in [1.165, 1.54) is 6.42 Å². The number of carbonyl (C=O) groups excluding carboxylic acids is 1. The average Bonchev–Trinajstić information content (AvgIpc) is 2.87. The van der Waals surface area contributed by atoms with E-state index in [4.69, 9.17) is 5.73 Å². The SMILES string of the molecule is Cl.NCC1CCCC1NC(=O)C1(c2ccc(Br)cc2)CCC1. The Bertz CT molecular complexity index is 516. The van der Waals surface area contributed by atoms with Gasteiger partial charge in [0.1, 0.15) is 0 Å². The van der Waals surface area contributed by atoms with Crippen LogP contribution in [0.25, 0.3) is 0 Å². The standard InChI is InChI=1S/C17H23BrN2O.ClH/c18-14-7-5-13(6-8-14)17(9-2-10-17)16(21)20-15-4-1-3-12(15)11-19;/h5-8,12,15H,1-4,9-11,19H2,(H,20,21);1H. The lowest BCUT2D eigenvalue weighted by Gasteiger charge is -2.42. The second-order valence-electron chi connectivity index (χ2n) is 6.45. The maximum atomic E-state index is 12.9. The number of hydrogen-bond donors (Lipinski definition) is 2. The molecule has 2 aliphatic carbocycles. The van der Waals surface area contributed by atoms with E-state index in [0.29, 0.717) is 12.5 Å². The van der Waals surface area contributed by atoms with Crippen molar-refractivity contribution < 1.29 is 4.79 Å². The van der Waals surface area contributed by atoms with Crippen molar-refractivity contribution in [2.45, 2.75) is 50.0 Å². The first-order valence-electron chi connectivity index (χ1n) is 7.93. The van der Waals surface area contributed by atoms with Crippen LogP contribution < -0.4 is 11.1 Å². The zero-order chi connectivity index (χ0) is 14.9. The van der Waals surface area contributed by atoms with Gasteiger partial charge >= 0.3 is 0 Å². The molecule has 2 atom stereocenters. The normalized spacial score (nSPS) is 25.9. The summed E-state index contributed by atoms with van der Waals surface area (Å²) >= 11 is 3.46. The number of benzene rings is 1. The summed E-state index contributed by atoms with van der Waals surface area (Å²) in [6.07, 6.45) is 6.45. The number of amides is 1. The highest BCUT2D eigenvalue weighted by atomic mass is 79.9. The Labute approximate surface area is 147 Å². The summed E-state index contributed by atoms with van der Waals surface area (Å²) in [7, 11) is 0. The number of nitrogens with two attached hydrogens (primary N) is 1. The second-order valence-corrected chi connectivity index (χ2v) is 7.36. The Morgan fingerprint density at radius 3 is 2.45 bits per heavy atom. The number of hydrogen-bond acceptors (Lipinski definition) is 2. The molecule has 0 spiro atoms. The molecule has 0 bridgehead atoms. The van der Waals surface area contributed by atoms with Crippen LogP contribution in [0.5, 0.6) is 0 Å². The summed E-state index contributed by atoms with van der Waals surface area (Å²) in [5, 5.41) is 3.31. The lowest BCUT2D eigenvalue weighted by molar-refractivity contribution is -0.130. The smallest absolute Gasteiger partial charge is 0.230 e. The summed E-state index contributed by atoms with van der Waals surface area (Å²) in [4.78, 5) is 12.9. The van der Waals surface area contributed by atoms with Crippen LogP contribution in [0.2, 0.25) is 0 Å². The fourth-order valence-electron chi connectivity index (χ4n) is 3.76. The van der Waals surface area contributed by atoms with Crippen LogP contribution in [-0.2, 0) is 10.2 Å². The summed E-state index contributed by atoms with van der Waals surface area (Å²) in [5.41, 5.74) is 6.67. The van der Waals surface area contributed by atoms with Crippen molar-refractivity contribution in [3.63, 3.8) is 0 Å². The van der Waals surface area contributed by atoms with Crippen LogP contribution in [0, 0.1) is 5.92 Å². The van der Waals surface area contributed by atoms with Crippen LogP contribution in [-0.4, -0.2) is 18.5 Å². The Morgan fingerprint density at radius 2 is 1.91 bits per heavy atom. The number of rotatable bonds is 4. The molecule has 0 radical (unpaired) electrons. The van der Waals surface area contributed by atoms with Gasteiger partial charge in [-0.3, -0.25) is 4.79 Å². The second kappa shape index (κ2) is 7.33. The minimum atomic E-state index is -0.303. The molecule has 3 nitrogen and oxygen atoms in total. The summed E-state index contributed by atoms with van der Waals surface area (Å²) < 4.78 is 1.06. The van der Waals surface area contributed by atoms with E-state index in [1.807, 2.05) is 12.1 Å². The molecule has 0 saturated heterocycles. The third-order valence-corrected chi connectivity index (χ3v) is 5.85. The molecule has 2 aliphatic rings. The first-order chi connectivity index (χ1) is 10.2. The molecule has 122 valence electrons. The molecular formula is C17H24BrClN2O. The van der Waals surface area contributed by atoms with Crippen LogP contribution in [0.4, 0.5) is 0 Å². The van der Waals surface area contributed by atoms with E-state index >= 15 is 0 Å². The predicted molar refractivity (Wildman–Crippen MR) is 95.2 cm³/mol. The predicted octanol–water partition coefficient (Wildman–Crippen LogP) is 3.54. The Hall–Kier alpha value is -0.580. The average molecular weight is 388 g/mol. The quantitative estimate of drug-likeness (QED) is 0.830. The molecule has 2 fully saturated rings. The van der Waals surface area contributed by atoms with Crippen molar-refractivity contribution in [2.75, 3.05) is 6.54 Å². The topological polar surface area (TPSA) is 55.1 Å². The van der Waals surface area contributed by atoms with E-state index in [9.17, 15) is 4.79 Å². The molecule has 0 aromatic heterocycles. The summed E-state index contributed by atoms with van der Waals surface area (Å²) in [6.45, 7) is 0.677. The molecule has 22 heavy (non-hydrogen) atoms. The van der Waals surface area contributed by atoms with Gasteiger partial charge in [0.25, 0.3) is 0 Å². The number of halogens is 2. The largest absolute Gasteiger partial charge is 0.352 e. The van der Waals surface area contributed by atoms with Crippen LogP contribution in [0.1, 0.15) is 44.1 Å². The molecule has 3 N–H and O–H groups in total. The third-order valence-electron chi connectivity index (χ3n) is 5.32. The molecule has 0 heterocycles. The summed E-state index contributed by atoms with van der Waals surface area (Å²) in [5.74, 6) is 0.664. The molecule has 1 aromatic rings. The van der Waals surface area contributed by atoms with Crippen molar-refractivity contribution >= 4 is 34.2 Å². The minimum absolute atomic E-state index is 0. The molecule has 3 rings (SSSR count).